The lowest BCUT2D eigenvalue weighted by atomic mass is 10.1. The van der Waals surface area contributed by atoms with Gasteiger partial charge in [-0.05, 0) is 53.6 Å². The van der Waals surface area contributed by atoms with Crippen LogP contribution in [0.5, 0.6) is 11.5 Å². The molecule has 0 saturated heterocycles. The van der Waals surface area contributed by atoms with E-state index in [-0.39, 0.29) is 10.5 Å². The van der Waals surface area contributed by atoms with E-state index in [1.54, 1.807) is 25.3 Å². The first-order chi connectivity index (χ1) is 16.8. The van der Waals surface area contributed by atoms with Crippen molar-refractivity contribution in [2.24, 2.45) is 0 Å². The molecule has 0 spiro atoms. The quantitative estimate of drug-likeness (QED) is 0.365. The summed E-state index contributed by atoms with van der Waals surface area (Å²) in [5.74, 6) is 1.13. The minimum absolute atomic E-state index is 0.263. The third-order valence-electron chi connectivity index (χ3n) is 5.39. The molecule has 35 heavy (non-hydrogen) atoms. The van der Waals surface area contributed by atoms with Crippen molar-refractivity contribution in [1.29, 1.82) is 0 Å². The summed E-state index contributed by atoms with van der Waals surface area (Å²) in [5.41, 5.74) is 1.92. The van der Waals surface area contributed by atoms with Crippen LogP contribution < -0.4 is 25.6 Å². The second-order valence-electron chi connectivity index (χ2n) is 7.75. The third-order valence-corrected chi connectivity index (χ3v) is 6.26. The zero-order chi connectivity index (χ0) is 25.0. The molecule has 8 nitrogen and oxygen atoms in total. The Morgan fingerprint density at radius 3 is 2.40 bits per heavy atom. The van der Waals surface area contributed by atoms with Gasteiger partial charge in [0.05, 0.1) is 34.9 Å². The number of nitrogens with zero attached hydrogens (tertiary/aromatic N) is 1. The minimum atomic E-state index is -4.32. The number of nitrogens with one attached hydrogen (secondary N) is 1. The van der Waals surface area contributed by atoms with E-state index in [0.717, 1.165) is 6.42 Å². The SMILES string of the molecule is C=c1[nH]n(-c2ccc(S(=O)(=O)O)cc2)c(=O)/c1=C\c1ccc(OCCc2ccccc2)c(OC)c1. The molecule has 1 heterocycles. The van der Waals surface area contributed by atoms with Crippen molar-refractivity contribution in [3.8, 4) is 17.2 Å². The fourth-order valence-corrected chi connectivity index (χ4v) is 4.06. The maximum atomic E-state index is 13.0. The normalized spacial score (nSPS) is 12.0. The molecule has 0 saturated carbocycles. The summed E-state index contributed by atoms with van der Waals surface area (Å²) in [6.07, 6.45) is 2.44. The summed E-state index contributed by atoms with van der Waals surface area (Å²) in [5, 5.41) is 3.61. The average Bonchev–Trinajstić information content (AvgIpc) is 3.13. The van der Waals surface area contributed by atoms with E-state index in [1.165, 1.54) is 34.5 Å². The van der Waals surface area contributed by atoms with E-state index in [2.05, 4.69) is 11.7 Å². The lowest BCUT2D eigenvalue weighted by Crippen LogP contribution is -2.33. The maximum Gasteiger partial charge on any atom is 0.294 e. The Bertz CT molecular complexity index is 1610. The standard InChI is InChI=1S/C26H24N2O6S/c1-18-23(26(29)28(27-18)21-9-11-22(12-10-21)35(30,31)32)16-20-8-13-24(25(17-20)33-2)34-15-14-19-6-4-3-5-7-19/h3-13,16-17,27H,1,14-15H2,2H3,(H,30,31,32)/b23-16-. The first-order valence-corrected chi connectivity index (χ1v) is 12.1. The average molecular weight is 493 g/mol. The first-order valence-electron chi connectivity index (χ1n) is 10.7. The molecule has 0 aliphatic heterocycles. The van der Waals surface area contributed by atoms with Crippen LogP contribution in [0.4, 0.5) is 0 Å². The van der Waals surface area contributed by atoms with Gasteiger partial charge in [0, 0.05) is 6.42 Å². The largest absolute Gasteiger partial charge is 0.493 e. The highest BCUT2D eigenvalue weighted by molar-refractivity contribution is 7.85. The molecule has 4 aromatic rings. The third kappa shape index (κ3) is 5.53. The lowest BCUT2D eigenvalue weighted by Gasteiger charge is -2.11. The molecule has 0 aliphatic carbocycles. The fourth-order valence-electron chi connectivity index (χ4n) is 3.58. The van der Waals surface area contributed by atoms with E-state index in [9.17, 15) is 13.2 Å². The van der Waals surface area contributed by atoms with E-state index in [0.29, 0.717) is 39.9 Å². The van der Waals surface area contributed by atoms with E-state index in [4.69, 9.17) is 14.0 Å². The van der Waals surface area contributed by atoms with Gasteiger partial charge in [-0.1, -0.05) is 43.0 Å². The molecular weight excluding hydrogens is 468 g/mol. The van der Waals surface area contributed by atoms with Gasteiger partial charge in [0.2, 0.25) is 0 Å². The molecule has 3 aromatic carbocycles. The van der Waals surface area contributed by atoms with Crippen LogP contribution in [0.2, 0.25) is 0 Å². The second-order valence-corrected chi connectivity index (χ2v) is 9.17. The van der Waals surface area contributed by atoms with Crippen molar-refractivity contribution >= 4 is 22.8 Å². The van der Waals surface area contributed by atoms with Crippen LogP contribution in [0.1, 0.15) is 11.1 Å². The Balaban J connectivity index is 1.59. The summed E-state index contributed by atoms with van der Waals surface area (Å²) in [6.45, 7) is 4.40. The number of benzene rings is 3. The maximum absolute atomic E-state index is 13.0. The first kappa shape index (κ1) is 24.1. The number of hydrogen-bond acceptors (Lipinski definition) is 5. The number of methoxy groups -OCH3 is 1. The summed E-state index contributed by atoms with van der Waals surface area (Å²) < 4.78 is 44.3. The highest BCUT2D eigenvalue weighted by atomic mass is 32.2. The van der Waals surface area contributed by atoms with Gasteiger partial charge in [0.25, 0.3) is 15.7 Å². The van der Waals surface area contributed by atoms with Gasteiger partial charge in [0.1, 0.15) is 0 Å². The minimum Gasteiger partial charge on any atom is -0.493 e. The molecule has 9 heteroatoms. The van der Waals surface area contributed by atoms with Gasteiger partial charge in [-0.15, -0.1) is 0 Å². The van der Waals surface area contributed by atoms with E-state index >= 15 is 0 Å². The fraction of sp³-hybridized carbons (Fsp3) is 0.115. The highest BCUT2D eigenvalue weighted by Gasteiger charge is 2.11. The van der Waals surface area contributed by atoms with Gasteiger partial charge in [0.15, 0.2) is 11.5 Å². The smallest absolute Gasteiger partial charge is 0.294 e. The van der Waals surface area contributed by atoms with Crippen LogP contribution in [0.15, 0.2) is 82.5 Å². The van der Waals surface area contributed by atoms with Crippen LogP contribution in [0.3, 0.4) is 0 Å². The van der Waals surface area contributed by atoms with Crippen molar-refractivity contribution < 1.29 is 22.4 Å². The van der Waals surface area contributed by atoms with Crippen LogP contribution in [0.25, 0.3) is 18.3 Å². The number of hydrogen-bond donors (Lipinski definition) is 2. The highest BCUT2D eigenvalue weighted by Crippen LogP contribution is 2.28. The Morgan fingerprint density at radius 2 is 1.74 bits per heavy atom. The monoisotopic (exact) mass is 492 g/mol. The molecule has 0 bridgehead atoms. The van der Waals surface area contributed by atoms with Crippen LogP contribution in [0, 0.1) is 0 Å². The lowest BCUT2D eigenvalue weighted by molar-refractivity contribution is 0.297. The molecule has 0 radical (unpaired) electrons. The van der Waals surface area contributed by atoms with Crippen molar-refractivity contribution in [3.63, 3.8) is 0 Å². The number of aromatic amines is 1. The van der Waals surface area contributed by atoms with Crippen molar-refractivity contribution in [2.75, 3.05) is 13.7 Å². The zero-order valence-corrected chi connectivity index (χ0v) is 19.8. The van der Waals surface area contributed by atoms with Crippen LogP contribution in [-0.2, 0) is 16.5 Å². The molecule has 0 amide bonds. The number of rotatable bonds is 8. The van der Waals surface area contributed by atoms with Crippen molar-refractivity contribution in [3.05, 3.63) is 105 Å². The van der Waals surface area contributed by atoms with Gasteiger partial charge in [-0.3, -0.25) is 14.4 Å². The second kappa shape index (κ2) is 10.0. The molecule has 180 valence electrons. The van der Waals surface area contributed by atoms with Crippen molar-refractivity contribution in [1.82, 2.24) is 9.78 Å². The van der Waals surface area contributed by atoms with Gasteiger partial charge < -0.3 is 9.47 Å². The summed E-state index contributed by atoms with van der Waals surface area (Å²) in [6, 6.07) is 20.7. The molecule has 0 fully saturated rings. The molecule has 2 N–H and O–H groups in total. The number of aromatic nitrogens is 2. The molecular formula is C26H24N2O6S. The number of ether oxygens (including phenoxy) is 2. The van der Waals surface area contributed by atoms with Crippen LogP contribution in [-0.4, -0.2) is 36.5 Å². The predicted octanol–water partition coefficient (Wildman–Crippen LogP) is 2.28. The Kier molecular flexibility index (Phi) is 6.90. The molecule has 0 unspecified atom stereocenters. The zero-order valence-electron chi connectivity index (χ0n) is 19.0. The van der Waals surface area contributed by atoms with Gasteiger partial charge in [-0.25, -0.2) is 4.68 Å². The van der Waals surface area contributed by atoms with E-state index in [1.807, 2.05) is 36.4 Å². The van der Waals surface area contributed by atoms with Crippen molar-refractivity contribution in [2.45, 2.75) is 11.3 Å². The molecule has 0 atom stereocenters. The molecule has 0 aliphatic rings. The molecule has 4 rings (SSSR count). The predicted molar refractivity (Wildman–Crippen MR) is 133 cm³/mol. The number of H-pyrrole nitrogens is 1. The van der Waals surface area contributed by atoms with Gasteiger partial charge in [-0.2, -0.15) is 8.42 Å². The van der Waals surface area contributed by atoms with Gasteiger partial charge >= 0.3 is 0 Å². The Hall–Kier alpha value is -4.08. The summed E-state index contributed by atoms with van der Waals surface area (Å²) >= 11 is 0. The topological polar surface area (TPSA) is 111 Å². The Morgan fingerprint density at radius 1 is 1.03 bits per heavy atom. The summed E-state index contributed by atoms with van der Waals surface area (Å²) in [4.78, 5) is 12.7. The van der Waals surface area contributed by atoms with E-state index < -0.39 is 10.1 Å². The summed E-state index contributed by atoms with van der Waals surface area (Å²) in [7, 11) is -2.77. The van der Waals surface area contributed by atoms with Crippen LogP contribution >= 0.6 is 0 Å². The molecule has 1 aromatic heterocycles. The Labute approximate surface area is 202 Å².